The van der Waals surface area contributed by atoms with Gasteiger partial charge in [-0.15, -0.1) is 0 Å². The predicted octanol–water partition coefficient (Wildman–Crippen LogP) is 9.15. The van der Waals surface area contributed by atoms with Gasteiger partial charge in [0, 0.05) is 11.4 Å². The second kappa shape index (κ2) is 10.9. The number of anilines is 2. The lowest BCUT2D eigenvalue weighted by molar-refractivity contribution is 0.450. The van der Waals surface area contributed by atoms with E-state index < -0.39 is 0 Å². The fourth-order valence-corrected chi connectivity index (χ4v) is 4.10. The SMILES string of the molecule is CCCCCC(C)(C)c1ccc(Nc2ccc(C(C)(C)CCCCC)cc2)cc1. The molecule has 160 valence electrons. The summed E-state index contributed by atoms with van der Waals surface area (Å²) in [7, 11) is 0. The summed E-state index contributed by atoms with van der Waals surface area (Å²) in [5.41, 5.74) is 5.69. The summed E-state index contributed by atoms with van der Waals surface area (Å²) in [6.45, 7) is 14.0. The normalized spacial score (nSPS) is 12.2. The average molecular weight is 394 g/mol. The first-order chi connectivity index (χ1) is 13.8. The van der Waals surface area contributed by atoms with Gasteiger partial charge in [0.1, 0.15) is 0 Å². The van der Waals surface area contributed by atoms with Crippen molar-refractivity contribution in [2.75, 3.05) is 5.32 Å². The molecule has 0 unspecified atom stereocenters. The molecule has 0 aliphatic carbocycles. The largest absolute Gasteiger partial charge is 0.356 e. The maximum Gasteiger partial charge on any atom is 0.0384 e. The smallest absolute Gasteiger partial charge is 0.0384 e. The van der Waals surface area contributed by atoms with Crippen molar-refractivity contribution < 1.29 is 0 Å². The Balaban J connectivity index is 1.98. The molecule has 0 heterocycles. The van der Waals surface area contributed by atoms with E-state index in [0.717, 1.165) is 11.4 Å². The number of hydrogen-bond donors (Lipinski definition) is 1. The predicted molar refractivity (Wildman–Crippen MR) is 131 cm³/mol. The molecule has 1 N–H and O–H groups in total. The van der Waals surface area contributed by atoms with Crippen LogP contribution in [-0.2, 0) is 10.8 Å². The lowest BCUT2D eigenvalue weighted by Crippen LogP contribution is -2.17. The van der Waals surface area contributed by atoms with E-state index in [1.807, 2.05) is 0 Å². The minimum Gasteiger partial charge on any atom is -0.356 e. The third-order valence-corrected chi connectivity index (χ3v) is 6.43. The van der Waals surface area contributed by atoms with Crippen LogP contribution in [0, 0.1) is 0 Å². The van der Waals surface area contributed by atoms with Crippen molar-refractivity contribution in [3.05, 3.63) is 59.7 Å². The highest BCUT2D eigenvalue weighted by Crippen LogP contribution is 2.32. The molecule has 1 heteroatoms. The van der Waals surface area contributed by atoms with Crippen molar-refractivity contribution in [2.45, 2.75) is 104 Å². The monoisotopic (exact) mass is 393 g/mol. The van der Waals surface area contributed by atoms with Gasteiger partial charge in [-0.25, -0.2) is 0 Å². The zero-order chi connectivity index (χ0) is 21.3. The van der Waals surface area contributed by atoms with Crippen molar-refractivity contribution >= 4 is 11.4 Å². The molecule has 0 saturated heterocycles. The summed E-state index contributed by atoms with van der Waals surface area (Å²) < 4.78 is 0. The Kier molecular flexibility index (Phi) is 8.80. The van der Waals surface area contributed by atoms with Crippen molar-refractivity contribution in [1.82, 2.24) is 0 Å². The lowest BCUT2D eigenvalue weighted by atomic mass is 9.80. The van der Waals surface area contributed by atoms with Crippen LogP contribution in [0.2, 0.25) is 0 Å². The zero-order valence-corrected chi connectivity index (χ0v) is 19.8. The summed E-state index contributed by atoms with van der Waals surface area (Å²) >= 11 is 0. The molecule has 0 aliphatic rings. The van der Waals surface area contributed by atoms with Crippen LogP contribution in [-0.4, -0.2) is 0 Å². The molecule has 0 amide bonds. The van der Waals surface area contributed by atoms with Crippen LogP contribution in [0.5, 0.6) is 0 Å². The number of benzene rings is 2. The fraction of sp³-hybridized carbons (Fsp3) is 0.571. The molecule has 29 heavy (non-hydrogen) atoms. The Morgan fingerprint density at radius 3 is 1.21 bits per heavy atom. The third-order valence-electron chi connectivity index (χ3n) is 6.43. The van der Waals surface area contributed by atoms with Gasteiger partial charge in [-0.2, -0.15) is 0 Å². The van der Waals surface area contributed by atoms with E-state index >= 15 is 0 Å². The van der Waals surface area contributed by atoms with E-state index in [1.54, 1.807) is 0 Å². The number of unbranched alkanes of at least 4 members (excludes halogenated alkanes) is 4. The van der Waals surface area contributed by atoms with Gasteiger partial charge in [0.05, 0.1) is 0 Å². The summed E-state index contributed by atoms with van der Waals surface area (Å²) in [6.07, 6.45) is 10.4. The molecule has 2 aromatic carbocycles. The lowest BCUT2D eigenvalue weighted by Gasteiger charge is -2.26. The first-order valence-corrected chi connectivity index (χ1v) is 11.8. The molecule has 0 aliphatic heterocycles. The quantitative estimate of drug-likeness (QED) is 0.354. The van der Waals surface area contributed by atoms with E-state index in [2.05, 4.69) is 95.4 Å². The molecule has 2 rings (SSSR count). The molecule has 0 atom stereocenters. The highest BCUT2D eigenvalue weighted by molar-refractivity contribution is 5.60. The van der Waals surface area contributed by atoms with E-state index in [-0.39, 0.29) is 10.8 Å². The van der Waals surface area contributed by atoms with E-state index in [9.17, 15) is 0 Å². The standard InChI is InChI=1S/C28H43N/c1-7-9-11-21-27(3,4)23-13-17-25(18-14-23)29-26-19-15-24(16-20-26)28(5,6)22-12-10-8-2/h13-20,29H,7-12,21-22H2,1-6H3. The number of rotatable bonds is 12. The molecule has 2 aromatic rings. The van der Waals surface area contributed by atoms with E-state index in [4.69, 9.17) is 0 Å². The van der Waals surface area contributed by atoms with Crippen molar-refractivity contribution in [1.29, 1.82) is 0 Å². The van der Waals surface area contributed by atoms with Gasteiger partial charge < -0.3 is 5.32 Å². The van der Waals surface area contributed by atoms with Gasteiger partial charge in [-0.3, -0.25) is 0 Å². The van der Waals surface area contributed by atoms with E-state index in [0.29, 0.717) is 0 Å². The highest BCUT2D eigenvalue weighted by Gasteiger charge is 2.20. The second-order valence-electron chi connectivity index (χ2n) is 9.96. The topological polar surface area (TPSA) is 12.0 Å². The van der Waals surface area contributed by atoms with Gasteiger partial charge >= 0.3 is 0 Å². The van der Waals surface area contributed by atoms with Crippen molar-refractivity contribution in [3.63, 3.8) is 0 Å². The maximum atomic E-state index is 3.57. The molecule has 0 radical (unpaired) electrons. The van der Waals surface area contributed by atoms with Crippen molar-refractivity contribution in [2.24, 2.45) is 0 Å². The van der Waals surface area contributed by atoms with Crippen LogP contribution in [0.4, 0.5) is 11.4 Å². The second-order valence-corrected chi connectivity index (χ2v) is 9.96. The van der Waals surface area contributed by atoms with Crippen LogP contribution in [0.3, 0.4) is 0 Å². The summed E-state index contributed by atoms with van der Waals surface area (Å²) in [4.78, 5) is 0. The minimum atomic E-state index is 0.249. The summed E-state index contributed by atoms with van der Waals surface area (Å²) in [5, 5.41) is 3.57. The van der Waals surface area contributed by atoms with Gasteiger partial charge in [0.2, 0.25) is 0 Å². The van der Waals surface area contributed by atoms with Crippen LogP contribution >= 0.6 is 0 Å². The molecule has 1 nitrogen and oxygen atoms in total. The first kappa shape index (κ1) is 23.5. The molecule has 0 spiro atoms. The third kappa shape index (κ3) is 7.21. The molecular weight excluding hydrogens is 350 g/mol. The highest BCUT2D eigenvalue weighted by atomic mass is 14.9. The Labute approximate surface area is 180 Å². The number of nitrogens with one attached hydrogen (secondary N) is 1. The maximum absolute atomic E-state index is 3.57. The molecule has 0 aromatic heterocycles. The Bertz CT molecular complexity index is 643. The zero-order valence-electron chi connectivity index (χ0n) is 19.8. The summed E-state index contributed by atoms with van der Waals surface area (Å²) in [5.74, 6) is 0. The Morgan fingerprint density at radius 2 is 0.897 bits per heavy atom. The van der Waals surface area contributed by atoms with Gasteiger partial charge in [0.25, 0.3) is 0 Å². The van der Waals surface area contributed by atoms with Gasteiger partial charge in [-0.05, 0) is 59.1 Å². The van der Waals surface area contributed by atoms with E-state index in [1.165, 1.54) is 62.5 Å². The number of hydrogen-bond acceptors (Lipinski definition) is 1. The first-order valence-electron chi connectivity index (χ1n) is 11.8. The minimum absolute atomic E-state index is 0.249. The Hall–Kier alpha value is -1.76. The molecule has 0 saturated carbocycles. The fourth-order valence-electron chi connectivity index (χ4n) is 4.10. The van der Waals surface area contributed by atoms with Crippen LogP contribution in [0.15, 0.2) is 48.5 Å². The Morgan fingerprint density at radius 1 is 0.552 bits per heavy atom. The van der Waals surface area contributed by atoms with Crippen molar-refractivity contribution in [3.8, 4) is 0 Å². The van der Waals surface area contributed by atoms with Crippen LogP contribution in [0.25, 0.3) is 0 Å². The average Bonchev–Trinajstić information content (AvgIpc) is 2.69. The molecule has 0 fully saturated rings. The van der Waals surface area contributed by atoms with Crippen LogP contribution < -0.4 is 5.32 Å². The molecular formula is C28H43N. The summed E-state index contributed by atoms with van der Waals surface area (Å²) in [6, 6.07) is 18.1. The van der Waals surface area contributed by atoms with Gasteiger partial charge in [0.15, 0.2) is 0 Å². The van der Waals surface area contributed by atoms with Gasteiger partial charge in [-0.1, -0.05) is 104 Å². The molecule has 0 bridgehead atoms. The van der Waals surface area contributed by atoms with Crippen LogP contribution in [0.1, 0.15) is 104 Å².